The van der Waals surface area contributed by atoms with Crippen LogP contribution in [0, 0.1) is 0 Å². The maximum Gasteiger partial charge on any atom is 0.258 e. The van der Waals surface area contributed by atoms with Gasteiger partial charge in [0.15, 0.2) is 0 Å². The zero-order valence-corrected chi connectivity index (χ0v) is 18.1. The van der Waals surface area contributed by atoms with Gasteiger partial charge in [-0.3, -0.25) is 34.6 Å². The monoisotopic (exact) mass is 473 g/mol. The summed E-state index contributed by atoms with van der Waals surface area (Å²) in [5.41, 5.74) is 1.34. The van der Waals surface area contributed by atoms with E-state index >= 15 is 0 Å². The molecule has 32 heavy (non-hydrogen) atoms. The molecule has 0 aromatic heterocycles. The van der Waals surface area contributed by atoms with Crippen molar-refractivity contribution in [1.29, 1.82) is 0 Å². The number of piperidine rings is 1. The number of halogens is 2. The highest BCUT2D eigenvalue weighted by molar-refractivity contribution is 6.42. The molecule has 1 saturated heterocycles. The van der Waals surface area contributed by atoms with E-state index in [0.717, 1.165) is 0 Å². The van der Waals surface area contributed by atoms with Crippen LogP contribution < -0.4 is 10.6 Å². The Morgan fingerprint density at radius 1 is 1.09 bits per heavy atom. The number of amides is 5. The molecule has 8 nitrogen and oxygen atoms in total. The zero-order valence-electron chi connectivity index (χ0n) is 16.6. The topological polar surface area (TPSA) is 113 Å². The maximum atomic E-state index is 13.1. The summed E-state index contributed by atoms with van der Waals surface area (Å²) in [4.78, 5) is 63.2. The first-order valence-electron chi connectivity index (χ1n) is 9.79. The molecule has 4 rings (SSSR count). The Kier molecular flexibility index (Phi) is 5.99. The molecule has 1 atom stereocenters. The van der Waals surface area contributed by atoms with E-state index in [-0.39, 0.29) is 42.8 Å². The third-order valence-corrected chi connectivity index (χ3v) is 6.14. The van der Waals surface area contributed by atoms with Crippen molar-refractivity contribution < 1.29 is 24.0 Å². The molecule has 0 bridgehead atoms. The molecule has 1 fully saturated rings. The molecular weight excluding hydrogens is 457 g/mol. The number of nitrogens with one attached hydrogen (secondary N) is 2. The minimum Gasteiger partial charge on any atom is -0.322 e. The van der Waals surface area contributed by atoms with Gasteiger partial charge in [0.05, 0.1) is 27.6 Å². The van der Waals surface area contributed by atoms with E-state index in [2.05, 4.69) is 10.6 Å². The van der Waals surface area contributed by atoms with Gasteiger partial charge in [0.2, 0.25) is 17.7 Å². The number of nitrogens with zero attached hydrogens (tertiary/aromatic N) is 1. The average Bonchev–Trinajstić information content (AvgIpc) is 3.07. The smallest absolute Gasteiger partial charge is 0.258 e. The van der Waals surface area contributed by atoms with Gasteiger partial charge in [0.1, 0.15) is 6.04 Å². The molecule has 2 aromatic rings. The second kappa shape index (κ2) is 8.72. The quantitative estimate of drug-likeness (QED) is 0.661. The standard InChI is InChI=1S/C22H17Cl2N3O5/c23-14-5-4-11(8-15(14)24)9-18(29)26-20(30)13-3-1-2-12-10-27(22(32)19(12)13)16-6-7-17(28)25-21(16)31/h1-5,8,16H,6-7,9-10H2,(H,25,28,31)(H,26,29,30). The summed E-state index contributed by atoms with van der Waals surface area (Å²) in [7, 11) is 0. The fourth-order valence-electron chi connectivity index (χ4n) is 3.88. The van der Waals surface area contributed by atoms with Crippen molar-refractivity contribution in [2.45, 2.75) is 31.8 Å². The van der Waals surface area contributed by atoms with Crippen LogP contribution in [0.5, 0.6) is 0 Å². The van der Waals surface area contributed by atoms with Crippen LogP contribution in [0.25, 0.3) is 0 Å². The van der Waals surface area contributed by atoms with Crippen LogP contribution in [0.2, 0.25) is 10.0 Å². The Balaban J connectivity index is 1.50. The predicted molar refractivity (Wildman–Crippen MR) is 115 cm³/mol. The summed E-state index contributed by atoms with van der Waals surface area (Å²) in [6.07, 6.45) is 0.245. The molecule has 0 saturated carbocycles. The molecule has 1 unspecified atom stereocenters. The first-order valence-corrected chi connectivity index (χ1v) is 10.5. The van der Waals surface area contributed by atoms with Gasteiger partial charge in [0, 0.05) is 13.0 Å². The summed E-state index contributed by atoms with van der Waals surface area (Å²) >= 11 is 11.8. The lowest BCUT2D eigenvalue weighted by atomic mass is 10.0. The number of rotatable bonds is 4. The highest BCUT2D eigenvalue weighted by Gasteiger charge is 2.40. The van der Waals surface area contributed by atoms with Crippen LogP contribution in [0.15, 0.2) is 36.4 Å². The van der Waals surface area contributed by atoms with Crippen LogP contribution in [0.3, 0.4) is 0 Å². The summed E-state index contributed by atoms with van der Waals surface area (Å²) in [5, 5.41) is 5.17. The molecule has 2 N–H and O–H groups in total. The Bertz CT molecular complexity index is 1180. The Morgan fingerprint density at radius 3 is 2.59 bits per heavy atom. The number of fused-ring (bicyclic) bond motifs is 1. The number of hydrogen-bond acceptors (Lipinski definition) is 5. The third-order valence-electron chi connectivity index (χ3n) is 5.40. The van der Waals surface area contributed by atoms with Crippen LogP contribution in [0.4, 0.5) is 0 Å². The molecule has 5 amide bonds. The zero-order chi connectivity index (χ0) is 23.0. The van der Waals surface area contributed by atoms with Crippen molar-refractivity contribution in [1.82, 2.24) is 15.5 Å². The maximum absolute atomic E-state index is 13.1. The molecule has 2 aliphatic rings. The number of carbonyl (C=O) groups is 5. The van der Waals surface area contributed by atoms with Crippen molar-refractivity contribution >= 4 is 52.7 Å². The third kappa shape index (κ3) is 4.24. The van der Waals surface area contributed by atoms with Gasteiger partial charge in [-0.25, -0.2) is 0 Å². The molecule has 0 radical (unpaired) electrons. The predicted octanol–water partition coefficient (Wildman–Crippen LogP) is 2.25. The van der Waals surface area contributed by atoms with Gasteiger partial charge in [-0.05, 0) is 35.7 Å². The minimum absolute atomic E-state index is 0.0461. The van der Waals surface area contributed by atoms with E-state index in [1.807, 2.05) is 0 Å². The Labute approximate surface area is 192 Å². The van der Waals surface area contributed by atoms with Crippen molar-refractivity contribution in [3.8, 4) is 0 Å². The lowest BCUT2D eigenvalue weighted by Crippen LogP contribution is -2.52. The van der Waals surface area contributed by atoms with E-state index in [1.54, 1.807) is 24.3 Å². The molecule has 164 valence electrons. The lowest BCUT2D eigenvalue weighted by molar-refractivity contribution is -0.137. The van der Waals surface area contributed by atoms with Gasteiger partial charge in [0.25, 0.3) is 11.8 Å². The van der Waals surface area contributed by atoms with Crippen LogP contribution in [0.1, 0.15) is 44.7 Å². The van der Waals surface area contributed by atoms with Crippen LogP contribution >= 0.6 is 23.2 Å². The second-order valence-electron chi connectivity index (χ2n) is 7.54. The molecule has 2 aromatic carbocycles. The van der Waals surface area contributed by atoms with Gasteiger partial charge >= 0.3 is 0 Å². The van der Waals surface area contributed by atoms with Gasteiger partial charge in [-0.1, -0.05) is 41.4 Å². The molecular formula is C22H17Cl2N3O5. The van der Waals surface area contributed by atoms with E-state index in [1.165, 1.54) is 17.0 Å². The van der Waals surface area contributed by atoms with E-state index in [4.69, 9.17) is 23.2 Å². The molecule has 2 heterocycles. The first-order chi connectivity index (χ1) is 15.2. The van der Waals surface area contributed by atoms with Gasteiger partial charge in [-0.2, -0.15) is 0 Å². The highest BCUT2D eigenvalue weighted by Crippen LogP contribution is 2.30. The summed E-state index contributed by atoms with van der Waals surface area (Å²) < 4.78 is 0. The Hall–Kier alpha value is -3.23. The number of benzene rings is 2. The molecule has 2 aliphatic heterocycles. The fraction of sp³-hybridized carbons (Fsp3) is 0.227. The Morgan fingerprint density at radius 2 is 1.88 bits per heavy atom. The van der Waals surface area contributed by atoms with Crippen LogP contribution in [-0.4, -0.2) is 40.5 Å². The van der Waals surface area contributed by atoms with Crippen molar-refractivity contribution in [2.75, 3.05) is 0 Å². The van der Waals surface area contributed by atoms with E-state index in [0.29, 0.717) is 21.2 Å². The minimum atomic E-state index is -0.792. The fourth-order valence-corrected chi connectivity index (χ4v) is 4.20. The molecule has 10 heteroatoms. The summed E-state index contributed by atoms with van der Waals surface area (Å²) in [6, 6.07) is 8.67. The SMILES string of the molecule is O=C(Cc1ccc(Cl)c(Cl)c1)NC(=O)c1cccc2c1C(=O)N(C1CCC(=O)NC1=O)C2. The van der Waals surface area contributed by atoms with E-state index in [9.17, 15) is 24.0 Å². The highest BCUT2D eigenvalue weighted by atomic mass is 35.5. The van der Waals surface area contributed by atoms with Gasteiger partial charge in [-0.15, -0.1) is 0 Å². The second-order valence-corrected chi connectivity index (χ2v) is 8.36. The normalized spacial score (nSPS) is 17.8. The van der Waals surface area contributed by atoms with Crippen molar-refractivity contribution in [3.05, 3.63) is 68.7 Å². The van der Waals surface area contributed by atoms with Crippen molar-refractivity contribution in [2.24, 2.45) is 0 Å². The number of hydrogen-bond donors (Lipinski definition) is 2. The van der Waals surface area contributed by atoms with Crippen molar-refractivity contribution in [3.63, 3.8) is 0 Å². The van der Waals surface area contributed by atoms with E-state index < -0.39 is 29.7 Å². The summed E-state index contributed by atoms with van der Waals surface area (Å²) in [6.45, 7) is 0.138. The lowest BCUT2D eigenvalue weighted by Gasteiger charge is -2.29. The number of carbonyl (C=O) groups excluding carboxylic acids is 5. The van der Waals surface area contributed by atoms with Gasteiger partial charge < -0.3 is 4.90 Å². The summed E-state index contributed by atoms with van der Waals surface area (Å²) in [5.74, 6) is -2.69. The average molecular weight is 474 g/mol. The largest absolute Gasteiger partial charge is 0.322 e. The first kappa shape index (κ1) is 22.0. The molecule has 0 spiro atoms. The number of imide groups is 2. The van der Waals surface area contributed by atoms with Crippen LogP contribution in [-0.2, 0) is 27.3 Å². The molecule has 0 aliphatic carbocycles.